The zero-order valence-electron chi connectivity index (χ0n) is 6.96. The molecule has 0 aliphatic carbocycles. The zero-order valence-corrected chi connectivity index (χ0v) is 7.77. The van der Waals surface area contributed by atoms with Crippen LogP contribution in [0, 0.1) is 5.82 Å². The molecule has 0 bridgehead atoms. The monoisotopic (exact) mass is 185 g/mol. The van der Waals surface area contributed by atoms with Crippen LogP contribution in [0.4, 0.5) is 4.39 Å². The molecule has 0 radical (unpaired) electrons. The van der Waals surface area contributed by atoms with E-state index in [2.05, 4.69) is 0 Å². The molecule has 1 atom stereocenters. The Hall–Kier alpha value is -0.540. The van der Waals surface area contributed by atoms with E-state index in [0.717, 1.165) is 10.6 Å². The third-order valence-electron chi connectivity index (χ3n) is 1.33. The molecule has 0 aliphatic rings. The van der Waals surface area contributed by atoms with Crippen LogP contribution in [0.1, 0.15) is 6.92 Å². The average molecular weight is 185 g/mol. The highest BCUT2D eigenvalue weighted by atomic mass is 32.2. The predicted octanol–water partition coefficient (Wildman–Crippen LogP) is 2.27. The van der Waals surface area contributed by atoms with Crippen molar-refractivity contribution >= 4 is 11.8 Å². The quantitative estimate of drug-likeness (QED) is 0.731. The average Bonchev–Trinajstić information content (AvgIpc) is 2.03. The molecule has 1 unspecified atom stereocenters. The summed E-state index contributed by atoms with van der Waals surface area (Å²) in [5.41, 5.74) is 5.58. The molecule has 0 spiro atoms. The maximum absolute atomic E-state index is 12.5. The van der Waals surface area contributed by atoms with E-state index in [1.165, 1.54) is 12.1 Å². The molecule has 66 valence electrons. The van der Waals surface area contributed by atoms with Gasteiger partial charge >= 0.3 is 0 Å². The molecule has 12 heavy (non-hydrogen) atoms. The van der Waals surface area contributed by atoms with E-state index in [-0.39, 0.29) is 11.9 Å². The zero-order chi connectivity index (χ0) is 8.97. The second kappa shape index (κ2) is 4.48. The number of hydrogen-bond donors (Lipinski definition) is 1. The molecule has 0 fully saturated rings. The lowest BCUT2D eigenvalue weighted by atomic mass is 10.4. The van der Waals surface area contributed by atoms with Gasteiger partial charge in [-0.15, -0.1) is 11.8 Å². The Morgan fingerprint density at radius 3 is 2.50 bits per heavy atom. The third kappa shape index (κ3) is 3.24. The van der Waals surface area contributed by atoms with Crippen LogP contribution in [0.2, 0.25) is 0 Å². The molecule has 1 aromatic rings. The number of hydrogen-bond acceptors (Lipinski definition) is 2. The molecule has 0 saturated carbocycles. The van der Waals surface area contributed by atoms with Crippen LogP contribution in [0.3, 0.4) is 0 Å². The molecule has 0 aliphatic heterocycles. The fourth-order valence-corrected chi connectivity index (χ4v) is 1.54. The van der Waals surface area contributed by atoms with E-state index in [0.29, 0.717) is 0 Å². The molecule has 0 aromatic heterocycles. The van der Waals surface area contributed by atoms with Gasteiger partial charge < -0.3 is 5.73 Å². The van der Waals surface area contributed by atoms with Gasteiger partial charge in [0.15, 0.2) is 0 Å². The van der Waals surface area contributed by atoms with Crippen LogP contribution in [0.15, 0.2) is 29.2 Å². The van der Waals surface area contributed by atoms with Crippen molar-refractivity contribution in [3.8, 4) is 0 Å². The van der Waals surface area contributed by atoms with Gasteiger partial charge in [-0.1, -0.05) is 0 Å². The standard InChI is InChI=1S/C9H12FNS/c1-7(11)6-12-9-4-2-8(10)3-5-9/h2-5,7H,6,11H2,1H3. The largest absolute Gasteiger partial charge is 0.327 e. The smallest absolute Gasteiger partial charge is 0.123 e. The van der Waals surface area contributed by atoms with Crippen molar-refractivity contribution in [1.29, 1.82) is 0 Å². The van der Waals surface area contributed by atoms with Gasteiger partial charge in [-0.3, -0.25) is 0 Å². The van der Waals surface area contributed by atoms with Crippen LogP contribution in [0.5, 0.6) is 0 Å². The lowest BCUT2D eigenvalue weighted by molar-refractivity contribution is 0.626. The Balaban J connectivity index is 2.48. The molecular formula is C9H12FNS. The SMILES string of the molecule is CC(N)CSc1ccc(F)cc1. The minimum absolute atomic E-state index is 0.181. The van der Waals surface area contributed by atoms with Gasteiger partial charge in [0.2, 0.25) is 0 Å². The van der Waals surface area contributed by atoms with Crippen LogP contribution < -0.4 is 5.73 Å². The summed E-state index contributed by atoms with van der Waals surface area (Å²) < 4.78 is 12.5. The van der Waals surface area contributed by atoms with Crippen LogP contribution >= 0.6 is 11.8 Å². The van der Waals surface area contributed by atoms with Crippen LogP contribution in [0.25, 0.3) is 0 Å². The Morgan fingerprint density at radius 1 is 1.42 bits per heavy atom. The van der Waals surface area contributed by atoms with Gasteiger partial charge in [0, 0.05) is 16.7 Å². The first kappa shape index (κ1) is 9.55. The van der Waals surface area contributed by atoms with Crippen molar-refractivity contribution in [2.24, 2.45) is 5.73 Å². The summed E-state index contributed by atoms with van der Waals surface area (Å²) in [4.78, 5) is 1.06. The van der Waals surface area contributed by atoms with E-state index in [9.17, 15) is 4.39 Å². The number of rotatable bonds is 3. The normalized spacial score (nSPS) is 12.9. The maximum atomic E-state index is 12.5. The lowest BCUT2D eigenvalue weighted by Gasteiger charge is -2.03. The van der Waals surface area contributed by atoms with Crippen molar-refractivity contribution in [2.75, 3.05) is 5.75 Å². The topological polar surface area (TPSA) is 26.0 Å². The summed E-state index contributed by atoms with van der Waals surface area (Å²) in [7, 11) is 0. The highest BCUT2D eigenvalue weighted by molar-refractivity contribution is 7.99. The molecule has 3 heteroatoms. The number of benzene rings is 1. The molecule has 1 nitrogen and oxygen atoms in total. The molecule has 0 amide bonds. The molecule has 1 aromatic carbocycles. The summed E-state index contributed by atoms with van der Waals surface area (Å²) in [5.74, 6) is 0.672. The first-order valence-corrected chi connectivity index (χ1v) is 4.81. The summed E-state index contributed by atoms with van der Waals surface area (Å²) in [5, 5.41) is 0. The van der Waals surface area contributed by atoms with Crippen LogP contribution in [-0.2, 0) is 0 Å². The first-order valence-electron chi connectivity index (χ1n) is 3.82. The lowest BCUT2D eigenvalue weighted by Crippen LogP contribution is -2.17. The Labute approximate surface area is 76.2 Å². The molecule has 2 N–H and O–H groups in total. The van der Waals surface area contributed by atoms with Gasteiger partial charge in [-0.25, -0.2) is 4.39 Å². The fourth-order valence-electron chi connectivity index (χ4n) is 0.758. The van der Waals surface area contributed by atoms with Crippen molar-refractivity contribution in [2.45, 2.75) is 17.9 Å². The molecule has 0 saturated heterocycles. The fraction of sp³-hybridized carbons (Fsp3) is 0.333. The minimum Gasteiger partial charge on any atom is -0.327 e. The van der Waals surface area contributed by atoms with Crippen molar-refractivity contribution in [3.05, 3.63) is 30.1 Å². The number of thioether (sulfide) groups is 1. The first-order chi connectivity index (χ1) is 5.68. The van der Waals surface area contributed by atoms with Gasteiger partial charge in [0.05, 0.1) is 0 Å². The van der Waals surface area contributed by atoms with Gasteiger partial charge in [0.1, 0.15) is 5.82 Å². The van der Waals surface area contributed by atoms with E-state index in [4.69, 9.17) is 5.73 Å². The summed E-state index contributed by atoms with van der Waals surface area (Å²) in [6, 6.07) is 6.64. The number of nitrogens with two attached hydrogens (primary N) is 1. The molecule has 1 rings (SSSR count). The maximum Gasteiger partial charge on any atom is 0.123 e. The van der Waals surface area contributed by atoms with Crippen LogP contribution in [-0.4, -0.2) is 11.8 Å². The second-order valence-corrected chi connectivity index (χ2v) is 3.84. The van der Waals surface area contributed by atoms with E-state index < -0.39 is 0 Å². The molecule has 0 heterocycles. The van der Waals surface area contributed by atoms with Gasteiger partial charge in [-0.05, 0) is 31.2 Å². The molecular weight excluding hydrogens is 173 g/mol. The van der Waals surface area contributed by atoms with E-state index in [1.54, 1.807) is 23.9 Å². The third-order valence-corrected chi connectivity index (χ3v) is 2.62. The summed E-state index contributed by atoms with van der Waals surface area (Å²) in [6.07, 6.45) is 0. The minimum atomic E-state index is -0.194. The van der Waals surface area contributed by atoms with Crippen molar-refractivity contribution in [3.63, 3.8) is 0 Å². The number of halogens is 1. The van der Waals surface area contributed by atoms with Gasteiger partial charge in [-0.2, -0.15) is 0 Å². The highest BCUT2D eigenvalue weighted by Gasteiger charge is 1.97. The summed E-state index contributed by atoms with van der Waals surface area (Å²) >= 11 is 1.65. The summed E-state index contributed by atoms with van der Waals surface area (Å²) in [6.45, 7) is 1.95. The Morgan fingerprint density at radius 2 is 2.00 bits per heavy atom. The second-order valence-electron chi connectivity index (χ2n) is 2.74. The van der Waals surface area contributed by atoms with Gasteiger partial charge in [0.25, 0.3) is 0 Å². The van der Waals surface area contributed by atoms with Crippen molar-refractivity contribution < 1.29 is 4.39 Å². The Kier molecular flexibility index (Phi) is 3.56. The highest BCUT2D eigenvalue weighted by Crippen LogP contribution is 2.18. The Bertz CT molecular complexity index is 233. The van der Waals surface area contributed by atoms with Crippen molar-refractivity contribution in [1.82, 2.24) is 0 Å². The van der Waals surface area contributed by atoms with E-state index >= 15 is 0 Å². The van der Waals surface area contributed by atoms with E-state index in [1.807, 2.05) is 6.92 Å². The predicted molar refractivity (Wildman–Crippen MR) is 50.8 cm³/mol.